The summed E-state index contributed by atoms with van der Waals surface area (Å²) in [4.78, 5) is 0. The molecule has 0 aromatic carbocycles. The van der Waals surface area contributed by atoms with E-state index in [9.17, 15) is 5.11 Å². The van der Waals surface area contributed by atoms with Crippen LogP contribution in [-0.2, 0) is 13.6 Å². The van der Waals surface area contributed by atoms with Crippen molar-refractivity contribution >= 4 is 0 Å². The molecule has 3 heteroatoms. The Bertz CT molecular complexity index is 361. The lowest BCUT2D eigenvalue weighted by atomic mass is 9.73. The van der Waals surface area contributed by atoms with E-state index in [0.29, 0.717) is 0 Å². The van der Waals surface area contributed by atoms with Crippen molar-refractivity contribution in [3.8, 4) is 0 Å². The number of nitrogens with zero attached hydrogens (tertiary/aromatic N) is 1. The van der Waals surface area contributed by atoms with E-state index in [-0.39, 0.29) is 11.5 Å². The second-order valence-electron chi connectivity index (χ2n) is 5.70. The SMILES string of the molecule is Cn1ccc(CNCC2(C)CCCCC2O)c1. The van der Waals surface area contributed by atoms with Crippen LogP contribution in [-0.4, -0.2) is 22.3 Å². The van der Waals surface area contributed by atoms with Crippen LogP contribution < -0.4 is 5.32 Å². The number of aromatic nitrogens is 1. The number of aryl methyl sites for hydroxylation is 1. The van der Waals surface area contributed by atoms with Gasteiger partial charge >= 0.3 is 0 Å². The molecule has 1 fully saturated rings. The normalized spacial score (nSPS) is 29.5. The maximum atomic E-state index is 10.1. The third kappa shape index (κ3) is 3.11. The molecular formula is C14H24N2O. The van der Waals surface area contributed by atoms with Crippen molar-refractivity contribution in [2.45, 2.75) is 45.3 Å². The van der Waals surface area contributed by atoms with E-state index >= 15 is 0 Å². The van der Waals surface area contributed by atoms with Crippen LogP contribution in [0.15, 0.2) is 18.5 Å². The van der Waals surface area contributed by atoms with Crippen LogP contribution in [0.4, 0.5) is 0 Å². The molecule has 0 bridgehead atoms. The van der Waals surface area contributed by atoms with Gasteiger partial charge in [0, 0.05) is 37.9 Å². The molecule has 17 heavy (non-hydrogen) atoms. The highest BCUT2D eigenvalue weighted by atomic mass is 16.3. The first-order valence-electron chi connectivity index (χ1n) is 6.60. The van der Waals surface area contributed by atoms with Crippen LogP contribution in [0.5, 0.6) is 0 Å². The summed E-state index contributed by atoms with van der Waals surface area (Å²) in [5.74, 6) is 0. The fourth-order valence-corrected chi connectivity index (χ4v) is 2.75. The molecule has 1 saturated carbocycles. The van der Waals surface area contributed by atoms with Gasteiger partial charge in [-0.1, -0.05) is 19.8 Å². The molecular weight excluding hydrogens is 212 g/mol. The summed E-state index contributed by atoms with van der Waals surface area (Å²) in [5.41, 5.74) is 1.37. The number of hydrogen-bond donors (Lipinski definition) is 2. The minimum Gasteiger partial charge on any atom is -0.393 e. The number of aliphatic hydroxyl groups is 1. The van der Waals surface area contributed by atoms with Gasteiger partial charge in [-0.25, -0.2) is 0 Å². The largest absolute Gasteiger partial charge is 0.393 e. The Hall–Kier alpha value is -0.800. The lowest BCUT2D eigenvalue weighted by Crippen LogP contribution is -2.43. The van der Waals surface area contributed by atoms with E-state index in [1.165, 1.54) is 18.4 Å². The van der Waals surface area contributed by atoms with E-state index < -0.39 is 0 Å². The topological polar surface area (TPSA) is 37.2 Å². The second-order valence-corrected chi connectivity index (χ2v) is 5.70. The zero-order valence-corrected chi connectivity index (χ0v) is 10.9. The van der Waals surface area contributed by atoms with Gasteiger partial charge in [0.05, 0.1) is 6.10 Å². The van der Waals surface area contributed by atoms with Crippen LogP contribution in [0.2, 0.25) is 0 Å². The highest BCUT2D eigenvalue weighted by molar-refractivity contribution is 5.09. The fourth-order valence-electron chi connectivity index (χ4n) is 2.75. The average molecular weight is 236 g/mol. The number of hydrogen-bond acceptors (Lipinski definition) is 2. The Morgan fingerprint density at radius 2 is 2.35 bits per heavy atom. The van der Waals surface area contributed by atoms with Gasteiger partial charge in [-0.2, -0.15) is 0 Å². The first kappa shape index (κ1) is 12.7. The molecule has 2 N–H and O–H groups in total. The van der Waals surface area contributed by atoms with Gasteiger partial charge in [-0.05, 0) is 24.5 Å². The summed E-state index contributed by atoms with van der Waals surface area (Å²) in [6.45, 7) is 4.00. The lowest BCUT2D eigenvalue weighted by Gasteiger charge is -2.38. The van der Waals surface area contributed by atoms with Gasteiger partial charge in [0.2, 0.25) is 0 Å². The molecule has 1 aliphatic rings. The zero-order chi connectivity index (χ0) is 12.3. The van der Waals surface area contributed by atoms with Gasteiger partial charge in [0.15, 0.2) is 0 Å². The van der Waals surface area contributed by atoms with Gasteiger partial charge in [-0.15, -0.1) is 0 Å². The molecule has 2 unspecified atom stereocenters. The molecule has 2 atom stereocenters. The molecule has 1 aromatic heterocycles. The molecule has 1 aliphatic carbocycles. The molecule has 2 rings (SSSR count). The molecule has 0 radical (unpaired) electrons. The third-order valence-corrected chi connectivity index (χ3v) is 4.03. The zero-order valence-electron chi connectivity index (χ0n) is 10.9. The van der Waals surface area contributed by atoms with E-state index in [0.717, 1.165) is 25.9 Å². The summed E-state index contributed by atoms with van der Waals surface area (Å²) in [6, 6.07) is 2.13. The van der Waals surface area contributed by atoms with Crippen LogP contribution in [0.1, 0.15) is 38.2 Å². The smallest absolute Gasteiger partial charge is 0.0605 e. The van der Waals surface area contributed by atoms with Gasteiger partial charge in [0.1, 0.15) is 0 Å². The van der Waals surface area contributed by atoms with Crippen molar-refractivity contribution in [1.29, 1.82) is 0 Å². The lowest BCUT2D eigenvalue weighted by molar-refractivity contribution is 0.00115. The van der Waals surface area contributed by atoms with E-state index in [2.05, 4.69) is 35.3 Å². The maximum absolute atomic E-state index is 10.1. The minimum absolute atomic E-state index is 0.0625. The van der Waals surface area contributed by atoms with E-state index in [1.54, 1.807) is 0 Å². The predicted molar refractivity (Wildman–Crippen MR) is 69.7 cm³/mol. The van der Waals surface area contributed by atoms with Crippen LogP contribution in [0, 0.1) is 5.41 Å². The van der Waals surface area contributed by atoms with Crippen molar-refractivity contribution in [2.24, 2.45) is 12.5 Å². The van der Waals surface area contributed by atoms with Gasteiger partial charge in [-0.3, -0.25) is 0 Å². The summed E-state index contributed by atoms with van der Waals surface area (Å²) in [6.07, 6.45) is 8.58. The molecule has 3 nitrogen and oxygen atoms in total. The molecule has 96 valence electrons. The third-order valence-electron chi connectivity index (χ3n) is 4.03. The van der Waals surface area contributed by atoms with Crippen molar-refractivity contribution in [1.82, 2.24) is 9.88 Å². The van der Waals surface area contributed by atoms with Crippen molar-refractivity contribution in [3.63, 3.8) is 0 Å². The van der Waals surface area contributed by atoms with Gasteiger partial charge in [0.25, 0.3) is 0 Å². The Balaban J connectivity index is 1.81. The quantitative estimate of drug-likeness (QED) is 0.839. The number of rotatable bonds is 4. The Kier molecular flexibility index (Phi) is 3.89. The van der Waals surface area contributed by atoms with Crippen LogP contribution in [0.3, 0.4) is 0 Å². The van der Waals surface area contributed by atoms with E-state index in [4.69, 9.17) is 0 Å². The standard InChI is InChI=1S/C14H24N2O/c1-14(7-4-3-5-13(14)17)11-15-9-12-6-8-16(2)10-12/h6,8,10,13,15,17H,3-5,7,9,11H2,1-2H3. The summed E-state index contributed by atoms with van der Waals surface area (Å²) >= 11 is 0. The molecule has 1 aromatic rings. The predicted octanol–water partition coefficient (Wildman–Crippen LogP) is 2.06. The highest BCUT2D eigenvalue weighted by Crippen LogP contribution is 2.35. The van der Waals surface area contributed by atoms with Gasteiger partial charge < -0.3 is 15.0 Å². The monoisotopic (exact) mass is 236 g/mol. The minimum atomic E-state index is -0.139. The van der Waals surface area contributed by atoms with Crippen molar-refractivity contribution < 1.29 is 5.11 Å². The Labute approximate surface area is 104 Å². The average Bonchev–Trinajstić information content (AvgIpc) is 2.69. The maximum Gasteiger partial charge on any atom is 0.0605 e. The first-order valence-corrected chi connectivity index (χ1v) is 6.60. The number of nitrogens with one attached hydrogen (secondary N) is 1. The first-order chi connectivity index (χ1) is 8.10. The second kappa shape index (κ2) is 5.23. The summed E-state index contributed by atoms with van der Waals surface area (Å²) in [5, 5.41) is 13.6. The molecule has 0 aliphatic heterocycles. The summed E-state index contributed by atoms with van der Waals surface area (Å²) < 4.78 is 2.06. The van der Waals surface area contributed by atoms with E-state index in [1.807, 2.05) is 7.05 Å². The number of aliphatic hydroxyl groups excluding tert-OH is 1. The molecule has 0 saturated heterocycles. The Morgan fingerprint density at radius 3 is 3.00 bits per heavy atom. The fraction of sp³-hybridized carbons (Fsp3) is 0.714. The Morgan fingerprint density at radius 1 is 1.53 bits per heavy atom. The van der Waals surface area contributed by atoms with Crippen molar-refractivity contribution in [3.05, 3.63) is 24.0 Å². The summed E-state index contributed by atoms with van der Waals surface area (Å²) in [7, 11) is 2.04. The van der Waals surface area contributed by atoms with Crippen LogP contribution >= 0.6 is 0 Å². The van der Waals surface area contributed by atoms with Crippen LogP contribution in [0.25, 0.3) is 0 Å². The van der Waals surface area contributed by atoms with Crippen molar-refractivity contribution in [2.75, 3.05) is 6.54 Å². The molecule has 0 amide bonds. The molecule has 0 spiro atoms. The molecule has 1 heterocycles. The highest BCUT2D eigenvalue weighted by Gasteiger charge is 2.34.